The molecule has 2 N–H and O–H groups in total. The van der Waals surface area contributed by atoms with Gasteiger partial charge in [-0.15, -0.1) is 0 Å². The van der Waals surface area contributed by atoms with E-state index < -0.39 is 0 Å². The fraction of sp³-hybridized carbons (Fsp3) is 0.625. The van der Waals surface area contributed by atoms with Gasteiger partial charge in [-0.3, -0.25) is 4.68 Å². The lowest BCUT2D eigenvalue weighted by molar-refractivity contribution is 0.128. The Kier molecular flexibility index (Phi) is 3.76. The lowest BCUT2D eigenvalue weighted by Crippen LogP contribution is -2.07. The van der Waals surface area contributed by atoms with Crippen LogP contribution in [0.15, 0.2) is 12.4 Å². The maximum Gasteiger partial charge on any atom is 0.0748 e. The summed E-state index contributed by atoms with van der Waals surface area (Å²) >= 11 is 0. The molecular formula is C8H15N3O. The first kappa shape index (κ1) is 9.22. The molecule has 0 saturated heterocycles. The molecule has 0 radical (unpaired) electrons. The first-order valence-corrected chi connectivity index (χ1v) is 4.16. The van der Waals surface area contributed by atoms with E-state index in [0.717, 1.165) is 12.1 Å². The number of hydrogen-bond donors (Lipinski definition) is 1. The van der Waals surface area contributed by atoms with Crippen molar-refractivity contribution >= 4 is 0 Å². The van der Waals surface area contributed by atoms with Gasteiger partial charge in [0.15, 0.2) is 0 Å². The van der Waals surface area contributed by atoms with E-state index in [-0.39, 0.29) is 0 Å². The largest absolute Gasteiger partial charge is 0.375 e. The van der Waals surface area contributed by atoms with E-state index >= 15 is 0 Å². The van der Waals surface area contributed by atoms with Crippen molar-refractivity contribution in [2.24, 2.45) is 5.73 Å². The van der Waals surface area contributed by atoms with Gasteiger partial charge in [-0.05, 0) is 6.92 Å². The highest BCUT2D eigenvalue weighted by Gasteiger charge is 1.95. The lowest BCUT2D eigenvalue weighted by Gasteiger charge is -1.97. The minimum Gasteiger partial charge on any atom is -0.375 e. The van der Waals surface area contributed by atoms with E-state index in [2.05, 4.69) is 12.0 Å². The standard InChI is InChI=1S/C8H15N3O/c1-2-11-6-8(5-10-11)7-12-4-3-9/h5-6H,2-4,7,9H2,1H3. The topological polar surface area (TPSA) is 53.1 Å². The van der Waals surface area contributed by atoms with Crippen LogP contribution in [0.2, 0.25) is 0 Å². The first-order valence-electron chi connectivity index (χ1n) is 4.16. The van der Waals surface area contributed by atoms with Gasteiger partial charge in [-0.25, -0.2) is 0 Å². The zero-order chi connectivity index (χ0) is 8.81. The molecule has 0 aliphatic rings. The summed E-state index contributed by atoms with van der Waals surface area (Å²) in [6.45, 7) is 4.74. The van der Waals surface area contributed by atoms with Crippen molar-refractivity contribution in [2.75, 3.05) is 13.2 Å². The van der Waals surface area contributed by atoms with Crippen molar-refractivity contribution in [1.82, 2.24) is 9.78 Å². The third-order valence-electron chi connectivity index (χ3n) is 1.54. The van der Waals surface area contributed by atoms with Crippen molar-refractivity contribution < 1.29 is 4.74 Å². The molecule has 1 aromatic heterocycles. The number of aromatic nitrogens is 2. The molecule has 12 heavy (non-hydrogen) atoms. The van der Waals surface area contributed by atoms with Crippen LogP contribution in [0.4, 0.5) is 0 Å². The molecule has 0 atom stereocenters. The molecule has 0 unspecified atom stereocenters. The highest BCUT2D eigenvalue weighted by atomic mass is 16.5. The predicted octanol–water partition coefficient (Wildman–Crippen LogP) is 0.378. The molecule has 0 aromatic carbocycles. The van der Waals surface area contributed by atoms with E-state index in [1.54, 1.807) is 0 Å². The molecule has 0 amide bonds. The molecule has 0 bridgehead atoms. The van der Waals surface area contributed by atoms with Crippen molar-refractivity contribution in [3.63, 3.8) is 0 Å². The number of nitrogens with zero attached hydrogens (tertiary/aromatic N) is 2. The number of nitrogens with two attached hydrogens (primary N) is 1. The Morgan fingerprint density at radius 3 is 3.08 bits per heavy atom. The Morgan fingerprint density at radius 2 is 2.50 bits per heavy atom. The molecule has 0 saturated carbocycles. The summed E-state index contributed by atoms with van der Waals surface area (Å²) < 4.78 is 7.12. The summed E-state index contributed by atoms with van der Waals surface area (Å²) in [5.41, 5.74) is 6.38. The van der Waals surface area contributed by atoms with Crippen molar-refractivity contribution in [3.05, 3.63) is 18.0 Å². The minimum atomic E-state index is 0.571. The molecule has 0 aliphatic carbocycles. The normalized spacial score (nSPS) is 10.5. The maximum atomic E-state index is 5.28. The Bertz CT molecular complexity index is 222. The highest BCUT2D eigenvalue weighted by Crippen LogP contribution is 1.99. The van der Waals surface area contributed by atoms with Gasteiger partial charge in [-0.1, -0.05) is 0 Å². The molecule has 0 spiro atoms. The zero-order valence-corrected chi connectivity index (χ0v) is 7.36. The number of rotatable bonds is 5. The van der Waals surface area contributed by atoms with Crippen molar-refractivity contribution in [3.8, 4) is 0 Å². The van der Waals surface area contributed by atoms with E-state index in [4.69, 9.17) is 10.5 Å². The molecule has 4 nitrogen and oxygen atoms in total. The average Bonchev–Trinajstić information content (AvgIpc) is 2.53. The van der Waals surface area contributed by atoms with Crippen LogP contribution in [0.25, 0.3) is 0 Å². The van der Waals surface area contributed by atoms with Gasteiger partial charge in [-0.2, -0.15) is 5.10 Å². The quantitative estimate of drug-likeness (QED) is 0.648. The monoisotopic (exact) mass is 169 g/mol. The van der Waals surface area contributed by atoms with Crippen molar-refractivity contribution in [2.45, 2.75) is 20.1 Å². The molecular weight excluding hydrogens is 154 g/mol. The van der Waals surface area contributed by atoms with Crippen LogP contribution < -0.4 is 5.73 Å². The molecule has 0 fully saturated rings. The SMILES string of the molecule is CCn1cc(COCCN)cn1. The van der Waals surface area contributed by atoms with E-state index in [9.17, 15) is 0 Å². The summed E-state index contributed by atoms with van der Waals surface area (Å²) in [6, 6.07) is 0. The van der Waals surface area contributed by atoms with Crippen LogP contribution in [0, 0.1) is 0 Å². The fourth-order valence-electron chi connectivity index (χ4n) is 0.927. The fourth-order valence-corrected chi connectivity index (χ4v) is 0.927. The second-order valence-electron chi connectivity index (χ2n) is 2.55. The predicted molar refractivity (Wildman–Crippen MR) is 46.6 cm³/mol. The maximum absolute atomic E-state index is 5.28. The summed E-state index contributed by atoms with van der Waals surface area (Å²) in [5.74, 6) is 0. The number of hydrogen-bond acceptors (Lipinski definition) is 3. The van der Waals surface area contributed by atoms with Gasteiger partial charge in [0.1, 0.15) is 0 Å². The highest BCUT2D eigenvalue weighted by molar-refractivity contribution is 5.01. The lowest BCUT2D eigenvalue weighted by atomic mass is 10.4. The Balaban J connectivity index is 2.31. The summed E-state index contributed by atoms with van der Waals surface area (Å²) in [7, 11) is 0. The van der Waals surface area contributed by atoms with Crippen LogP contribution in [-0.2, 0) is 17.9 Å². The minimum absolute atomic E-state index is 0.571. The van der Waals surface area contributed by atoms with Gasteiger partial charge < -0.3 is 10.5 Å². The molecule has 68 valence electrons. The second-order valence-corrected chi connectivity index (χ2v) is 2.55. The zero-order valence-electron chi connectivity index (χ0n) is 7.36. The van der Waals surface area contributed by atoms with E-state index in [1.807, 2.05) is 17.1 Å². The Hall–Kier alpha value is -0.870. The second kappa shape index (κ2) is 4.90. The van der Waals surface area contributed by atoms with Crippen molar-refractivity contribution in [1.29, 1.82) is 0 Å². The van der Waals surface area contributed by atoms with Gasteiger partial charge in [0.2, 0.25) is 0 Å². The van der Waals surface area contributed by atoms with E-state index in [1.165, 1.54) is 0 Å². The van der Waals surface area contributed by atoms with Gasteiger partial charge in [0.05, 0.1) is 19.4 Å². The third kappa shape index (κ3) is 2.64. The Labute approximate surface area is 72.3 Å². The van der Waals surface area contributed by atoms with Crippen LogP contribution in [0.1, 0.15) is 12.5 Å². The Morgan fingerprint density at radius 1 is 1.67 bits per heavy atom. The van der Waals surface area contributed by atoms with Gasteiger partial charge in [0.25, 0.3) is 0 Å². The molecule has 1 heterocycles. The van der Waals surface area contributed by atoms with E-state index in [0.29, 0.717) is 19.8 Å². The first-order chi connectivity index (χ1) is 5.86. The number of ether oxygens (including phenoxy) is 1. The summed E-state index contributed by atoms with van der Waals surface area (Å²) in [5, 5.41) is 4.12. The van der Waals surface area contributed by atoms with Crippen LogP contribution in [-0.4, -0.2) is 22.9 Å². The van der Waals surface area contributed by atoms with Crippen LogP contribution in [0.5, 0.6) is 0 Å². The van der Waals surface area contributed by atoms with Crippen LogP contribution in [0.3, 0.4) is 0 Å². The van der Waals surface area contributed by atoms with Gasteiger partial charge >= 0.3 is 0 Å². The average molecular weight is 169 g/mol. The third-order valence-corrected chi connectivity index (χ3v) is 1.54. The molecule has 4 heteroatoms. The molecule has 0 aliphatic heterocycles. The smallest absolute Gasteiger partial charge is 0.0748 e. The summed E-state index contributed by atoms with van der Waals surface area (Å²) in [4.78, 5) is 0. The molecule has 1 rings (SSSR count). The number of aryl methyl sites for hydroxylation is 1. The van der Waals surface area contributed by atoms with Gasteiger partial charge in [0, 0.05) is 24.8 Å². The molecule has 1 aromatic rings. The summed E-state index contributed by atoms with van der Waals surface area (Å²) in [6.07, 6.45) is 3.80. The van der Waals surface area contributed by atoms with Crippen LogP contribution >= 0.6 is 0 Å².